The van der Waals surface area contributed by atoms with Crippen molar-refractivity contribution in [3.05, 3.63) is 34.9 Å². The Hall–Kier alpha value is -2.47. The van der Waals surface area contributed by atoms with Crippen molar-refractivity contribution >= 4 is 23.6 Å². The van der Waals surface area contributed by atoms with E-state index in [1.54, 1.807) is 24.3 Å². The second kappa shape index (κ2) is 12.2. The van der Waals surface area contributed by atoms with Crippen LogP contribution in [0.5, 0.6) is 5.75 Å². The van der Waals surface area contributed by atoms with Crippen molar-refractivity contribution in [3.63, 3.8) is 0 Å². The lowest BCUT2D eigenvalue weighted by Gasteiger charge is -2.18. The number of rotatable bonds is 13. The monoisotopic (exact) mass is 402 g/mol. The molecule has 0 atom stereocenters. The van der Waals surface area contributed by atoms with Gasteiger partial charge < -0.3 is 14.2 Å². The molecule has 2 rings (SSSR count). The normalized spacial score (nSPS) is 13.1. The van der Waals surface area contributed by atoms with Crippen LogP contribution in [-0.4, -0.2) is 44.0 Å². The first-order chi connectivity index (χ1) is 14.1. The van der Waals surface area contributed by atoms with E-state index in [4.69, 9.17) is 14.2 Å². The highest BCUT2D eigenvalue weighted by molar-refractivity contribution is 6.52. The average molecular weight is 402 g/mol. The van der Waals surface area contributed by atoms with E-state index in [2.05, 4.69) is 6.92 Å². The lowest BCUT2D eigenvalue weighted by molar-refractivity contribution is -0.148. The first-order valence-electron chi connectivity index (χ1n) is 10.4. The van der Waals surface area contributed by atoms with E-state index < -0.39 is 17.5 Å². The Morgan fingerprint density at radius 2 is 1.72 bits per heavy atom. The van der Waals surface area contributed by atoms with Crippen LogP contribution in [-0.2, 0) is 19.1 Å². The molecule has 0 heterocycles. The number of carbonyl (C=O) groups is 3. The smallest absolute Gasteiger partial charge is 0.332 e. The SMILES string of the molecule is CCCCCCOc1cccc2c1C(=O)C(=O)C(COCC(=O)OCCCC)=C2. The summed E-state index contributed by atoms with van der Waals surface area (Å²) < 4.78 is 16.1. The van der Waals surface area contributed by atoms with Crippen molar-refractivity contribution in [2.75, 3.05) is 26.4 Å². The fraction of sp³-hybridized carbons (Fsp3) is 0.522. The van der Waals surface area contributed by atoms with Gasteiger partial charge in [0.2, 0.25) is 11.6 Å². The summed E-state index contributed by atoms with van der Waals surface area (Å²) in [6, 6.07) is 5.28. The second-order valence-corrected chi connectivity index (χ2v) is 7.02. The van der Waals surface area contributed by atoms with Gasteiger partial charge in [-0.25, -0.2) is 4.79 Å². The summed E-state index contributed by atoms with van der Waals surface area (Å²) in [5.74, 6) is -1.27. The zero-order valence-corrected chi connectivity index (χ0v) is 17.3. The molecule has 6 nitrogen and oxygen atoms in total. The van der Waals surface area contributed by atoms with Gasteiger partial charge in [-0.2, -0.15) is 0 Å². The molecule has 158 valence electrons. The standard InChI is InChI=1S/C23H30O6/c1-3-5-7-8-13-28-19-11-9-10-17-14-18(22(25)23(26)21(17)19)15-27-16-20(24)29-12-6-4-2/h9-11,14H,3-8,12-13,15-16H2,1-2H3. The van der Waals surface area contributed by atoms with Crippen molar-refractivity contribution in [2.45, 2.75) is 52.4 Å². The molecule has 0 spiro atoms. The number of fused-ring (bicyclic) bond motifs is 1. The zero-order chi connectivity index (χ0) is 21.1. The van der Waals surface area contributed by atoms with Crippen molar-refractivity contribution in [3.8, 4) is 5.75 Å². The minimum absolute atomic E-state index is 0.116. The molecule has 6 heteroatoms. The van der Waals surface area contributed by atoms with E-state index >= 15 is 0 Å². The third-order valence-electron chi connectivity index (χ3n) is 4.61. The Balaban J connectivity index is 1.97. The molecule has 0 aromatic heterocycles. The van der Waals surface area contributed by atoms with Crippen LogP contribution in [0.3, 0.4) is 0 Å². The molecule has 0 N–H and O–H groups in total. The van der Waals surface area contributed by atoms with Crippen molar-refractivity contribution < 1.29 is 28.6 Å². The Bertz CT molecular complexity index is 750. The molecule has 0 saturated carbocycles. The number of ether oxygens (including phenoxy) is 3. The highest BCUT2D eigenvalue weighted by Crippen LogP contribution is 2.30. The molecule has 0 unspecified atom stereocenters. The van der Waals surface area contributed by atoms with Crippen LogP contribution in [0, 0.1) is 0 Å². The Morgan fingerprint density at radius 1 is 0.931 bits per heavy atom. The summed E-state index contributed by atoms with van der Waals surface area (Å²) in [4.78, 5) is 36.7. The quantitative estimate of drug-likeness (QED) is 0.280. The number of unbranched alkanes of at least 4 members (excludes halogenated alkanes) is 4. The van der Waals surface area contributed by atoms with Crippen LogP contribution >= 0.6 is 0 Å². The van der Waals surface area contributed by atoms with Crippen LogP contribution in [0.25, 0.3) is 6.08 Å². The summed E-state index contributed by atoms with van der Waals surface area (Å²) in [7, 11) is 0. The van der Waals surface area contributed by atoms with E-state index in [1.807, 2.05) is 6.92 Å². The Morgan fingerprint density at radius 3 is 2.48 bits per heavy atom. The van der Waals surface area contributed by atoms with E-state index in [0.717, 1.165) is 38.5 Å². The topological polar surface area (TPSA) is 78.9 Å². The molecule has 0 aliphatic heterocycles. The van der Waals surface area contributed by atoms with Gasteiger partial charge in [-0.1, -0.05) is 51.7 Å². The second-order valence-electron chi connectivity index (χ2n) is 7.02. The Labute approximate surface area is 172 Å². The van der Waals surface area contributed by atoms with Crippen LogP contribution in [0.2, 0.25) is 0 Å². The summed E-state index contributed by atoms with van der Waals surface area (Å²) in [5.41, 5.74) is 1.16. The van der Waals surface area contributed by atoms with Gasteiger partial charge in [0.05, 0.1) is 25.4 Å². The van der Waals surface area contributed by atoms with Gasteiger partial charge in [-0.15, -0.1) is 0 Å². The third kappa shape index (κ3) is 6.82. The van der Waals surface area contributed by atoms with Gasteiger partial charge in [0.25, 0.3) is 0 Å². The van der Waals surface area contributed by atoms with Gasteiger partial charge >= 0.3 is 5.97 Å². The maximum Gasteiger partial charge on any atom is 0.332 e. The number of hydrogen-bond acceptors (Lipinski definition) is 6. The molecular formula is C23H30O6. The van der Waals surface area contributed by atoms with Crippen molar-refractivity contribution in [1.82, 2.24) is 0 Å². The summed E-state index contributed by atoms with van der Waals surface area (Å²) in [5, 5.41) is 0. The third-order valence-corrected chi connectivity index (χ3v) is 4.61. The largest absolute Gasteiger partial charge is 0.493 e. The van der Waals surface area contributed by atoms with Crippen molar-refractivity contribution in [1.29, 1.82) is 0 Å². The lowest BCUT2D eigenvalue weighted by atomic mass is 9.89. The molecule has 0 fully saturated rings. The van der Waals surface area contributed by atoms with E-state index in [1.165, 1.54) is 0 Å². The highest BCUT2D eigenvalue weighted by atomic mass is 16.6. The average Bonchev–Trinajstić information content (AvgIpc) is 2.71. The first kappa shape index (κ1) is 22.8. The maximum absolute atomic E-state index is 12.6. The number of Topliss-reactive ketones (excluding diaryl/α,β-unsaturated/α-hetero) is 2. The van der Waals surface area contributed by atoms with Crippen molar-refractivity contribution in [2.24, 2.45) is 0 Å². The van der Waals surface area contributed by atoms with Crippen LogP contribution in [0.1, 0.15) is 68.3 Å². The van der Waals surface area contributed by atoms with Gasteiger partial charge in [-0.3, -0.25) is 9.59 Å². The molecule has 0 bridgehead atoms. The summed E-state index contributed by atoms with van der Waals surface area (Å²) >= 11 is 0. The number of hydrogen-bond donors (Lipinski definition) is 0. The number of carbonyl (C=O) groups excluding carboxylic acids is 3. The summed E-state index contributed by atoms with van der Waals surface area (Å²) in [6.07, 6.45) is 7.62. The molecule has 0 radical (unpaired) electrons. The Kier molecular flexibility index (Phi) is 9.57. The van der Waals surface area contributed by atoms with Crippen LogP contribution in [0.4, 0.5) is 0 Å². The van der Waals surface area contributed by atoms with E-state index in [9.17, 15) is 14.4 Å². The first-order valence-corrected chi connectivity index (χ1v) is 10.4. The number of ketones is 2. The predicted octanol–water partition coefficient (Wildman–Crippen LogP) is 4.15. The molecule has 1 aromatic carbocycles. The fourth-order valence-electron chi connectivity index (χ4n) is 2.98. The summed E-state index contributed by atoms with van der Waals surface area (Å²) in [6.45, 7) is 4.64. The molecule has 29 heavy (non-hydrogen) atoms. The van der Waals surface area contributed by atoms with E-state index in [0.29, 0.717) is 30.1 Å². The number of esters is 1. The molecule has 0 saturated heterocycles. The minimum atomic E-state index is -0.626. The highest BCUT2D eigenvalue weighted by Gasteiger charge is 2.30. The van der Waals surface area contributed by atoms with Gasteiger partial charge in [0.15, 0.2) is 0 Å². The zero-order valence-electron chi connectivity index (χ0n) is 17.3. The molecule has 1 aliphatic rings. The molecule has 1 aliphatic carbocycles. The lowest BCUT2D eigenvalue weighted by Crippen LogP contribution is -2.25. The maximum atomic E-state index is 12.6. The van der Waals surface area contributed by atoms with E-state index in [-0.39, 0.29) is 18.8 Å². The van der Waals surface area contributed by atoms with Gasteiger partial charge in [0, 0.05) is 5.57 Å². The van der Waals surface area contributed by atoms with Crippen LogP contribution in [0.15, 0.2) is 23.8 Å². The molecule has 1 aromatic rings. The number of benzene rings is 1. The molecular weight excluding hydrogens is 372 g/mol. The minimum Gasteiger partial charge on any atom is -0.493 e. The predicted molar refractivity (Wildman–Crippen MR) is 110 cm³/mol. The van der Waals surface area contributed by atoms with Gasteiger partial charge in [0.1, 0.15) is 12.4 Å². The molecule has 0 amide bonds. The fourth-order valence-corrected chi connectivity index (χ4v) is 2.98. The van der Waals surface area contributed by atoms with Gasteiger partial charge in [-0.05, 0) is 30.5 Å². The van der Waals surface area contributed by atoms with Crippen LogP contribution < -0.4 is 4.74 Å².